The van der Waals surface area contributed by atoms with Gasteiger partial charge in [0.15, 0.2) is 0 Å². The van der Waals surface area contributed by atoms with E-state index in [1.165, 1.54) is 0 Å². The van der Waals surface area contributed by atoms with Crippen LogP contribution in [0.4, 0.5) is 0 Å². The highest BCUT2D eigenvalue weighted by Crippen LogP contribution is 2.22. The normalized spacial score (nSPS) is 11.1. The molecule has 0 aliphatic carbocycles. The summed E-state index contributed by atoms with van der Waals surface area (Å²) in [6.45, 7) is 15.4. The van der Waals surface area contributed by atoms with Crippen LogP contribution >= 0.6 is 11.6 Å². The molecule has 0 spiro atoms. The molecule has 0 aliphatic heterocycles. The van der Waals surface area contributed by atoms with Gasteiger partial charge in [0.05, 0.1) is 37.5 Å². The van der Waals surface area contributed by atoms with Crippen LogP contribution in [0.2, 0.25) is 0 Å². The fraction of sp³-hybridized carbons (Fsp3) is 0.314. The van der Waals surface area contributed by atoms with Gasteiger partial charge in [0, 0.05) is 19.0 Å². The topological polar surface area (TPSA) is 110 Å². The zero-order valence-electron chi connectivity index (χ0n) is 24.9. The number of hydrogen-bond acceptors (Lipinski definition) is 6. The van der Waals surface area contributed by atoms with Gasteiger partial charge in [-0.15, -0.1) is 11.6 Å². The van der Waals surface area contributed by atoms with E-state index in [9.17, 15) is 10.2 Å². The molecule has 0 aliphatic rings. The van der Waals surface area contributed by atoms with Crippen molar-refractivity contribution in [1.82, 2.24) is 4.90 Å². The first kappa shape index (κ1) is 37.0. The van der Waals surface area contributed by atoms with E-state index in [4.69, 9.17) is 27.5 Å². The molecule has 6 nitrogen and oxygen atoms in total. The average Bonchev–Trinajstić information content (AvgIpc) is 3.05. The maximum absolute atomic E-state index is 9.85. The molecule has 0 amide bonds. The third-order valence-electron chi connectivity index (χ3n) is 6.71. The van der Waals surface area contributed by atoms with Crippen molar-refractivity contribution < 1.29 is 20.4 Å². The van der Waals surface area contributed by atoms with Crippen LogP contribution in [-0.2, 0) is 19.0 Å². The number of alkyl halides is 1. The third-order valence-corrected chi connectivity index (χ3v) is 7.02. The van der Waals surface area contributed by atoms with Crippen molar-refractivity contribution in [3.05, 3.63) is 126 Å². The van der Waals surface area contributed by atoms with Crippen LogP contribution in [0.1, 0.15) is 47.2 Å². The quantitative estimate of drug-likeness (QED) is 0.168. The highest BCUT2D eigenvalue weighted by Gasteiger charge is 2.30. The number of nitrogens with zero attached hydrogens (tertiary/aromatic N) is 1. The van der Waals surface area contributed by atoms with Gasteiger partial charge in [0.25, 0.3) is 0 Å². The molecule has 0 bridgehead atoms. The van der Waals surface area contributed by atoms with Gasteiger partial charge in [-0.2, -0.15) is 0 Å². The second kappa shape index (κ2) is 19.2. The maximum Gasteiger partial charge on any atom is 0.0650 e. The summed E-state index contributed by atoms with van der Waals surface area (Å²) in [5, 5.41) is 36.3. The van der Waals surface area contributed by atoms with Gasteiger partial charge in [-0.25, -0.2) is 0 Å². The summed E-state index contributed by atoms with van der Waals surface area (Å²) in [6.07, 6.45) is 5.44. The van der Waals surface area contributed by atoms with Gasteiger partial charge in [0.2, 0.25) is 0 Å². The minimum atomic E-state index is -0.806. The number of nitrogens with two attached hydrogens (primary N) is 1. The van der Waals surface area contributed by atoms with E-state index in [1.807, 2.05) is 73.7 Å². The van der Waals surface area contributed by atoms with Crippen molar-refractivity contribution >= 4 is 29.8 Å². The average molecular weight is 595 g/mol. The van der Waals surface area contributed by atoms with Crippen LogP contribution in [-0.4, -0.2) is 62.8 Å². The van der Waals surface area contributed by atoms with Crippen molar-refractivity contribution in [2.45, 2.75) is 43.9 Å². The zero-order chi connectivity index (χ0) is 31.6. The smallest absolute Gasteiger partial charge is 0.0650 e. The number of aliphatic hydroxyl groups is 4. The molecule has 228 valence electrons. The minimum absolute atomic E-state index is 0.112. The Morgan fingerprint density at radius 1 is 0.619 bits per heavy atom. The van der Waals surface area contributed by atoms with Crippen LogP contribution in [0.15, 0.2) is 92.5 Å². The lowest BCUT2D eigenvalue weighted by atomic mass is 9.99. The van der Waals surface area contributed by atoms with Crippen LogP contribution in [0, 0.1) is 0 Å². The molecular formula is C35H47ClN2O4. The maximum atomic E-state index is 9.85. The summed E-state index contributed by atoms with van der Waals surface area (Å²) >= 11 is 5.60. The predicted molar refractivity (Wildman–Crippen MR) is 178 cm³/mol. The van der Waals surface area contributed by atoms with Crippen LogP contribution in [0.25, 0.3) is 18.2 Å². The first-order valence-corrected chi connectivity index (χ1v) is 14.2. The summed E-state index contributed by atoms with van der Waals surface area (Å²) < 4.78 is 0. The molecule has 3 rings (SSSR count). The van der Waals surface area contributed by atoms with Crippen LogP contribution in [0.3, 0.4) is 0 Å². The third kappa shape index (κ3) is 12.8. The van der Waals surface area contributed by atoms with E-state index in [2.05, 4.69) is 48.9 Å². The Morgan fingerprint density at radius 2 is 0.929 bits per heavy atom. The van der Waals surface area contributed by atoms with Gasteiger partial charge in [-0.05, 0) is 47.2 Å². The predicted octanol–water partition coefficient (Wildman–Crippen LogP) is 5.47. The van der Waals surface area contributed by atoms with Crippen molar-refractivity contribution in [3.8, 4) is 0 Å². The number of rotatable bonds is 13. The second-order valence-corrected chi connectivity index (χ2v) is 10.9. The lowest BCUT2D eigenvalue weighted by molar-refractivity contribution is -0.0114. The molecule has 42 heavy (non-hydrogen) atoms. The Labute approximate surface area is 256 Å². The Bertz CT molecular complexity index is 1130. The summed E-state index contributed by atoms with van der Waals surface area (Å²) in [7, 11) is 0. The largest absolute Gasteiger partial charge is 0.394 e. The summed E-state index contributed by atoms with van der Waals surface area (Å²) in [4.78, 5) is 2.11. The fourth-order valence-corrected chi connectivity index (χ4v) is 3.62. The summed E-state index contributed by atoms with van der Waals surface area (Å²) in [5.41, 5.74) is 10.4. The monoisotopic (exact) mass is 594 g/mol. The van der Waals surface area contributed by atoms with Crippen molar-refractivity contribution in [1.29, 1.82) is 0 Å². The van der Waals surface area contributed by atoms with E-state index in [0.717, 1.165) is 33.4 Å². The van der Waals surface area contributed by atoms with Crippen molar-refractivity contribution in [2.24, 2.45) is 5.73 Å². The van der Waals surface area contributed by atoms with Gasteiger partial charge < -0.3 is 26.2 Å². The van der Waals surface area contributed by atoms with E-state index in [0.29, 0.717) is 19.0 Å². The Balaban J connectivity index is 0.000000423. The van der Waals surface area contributed by atoms with Gasteiger partial charge in [-0.1, -0.05) is 111 Å². The van der Waals surface area contributed by atoms with Gasteiger partial charge >= 0.3 is 0 Å². The SMILES string of the molecule is C=Cc1ccc(CCl)cc1.C=Cc1ccc(CN(Cc2ccc(C=C)cc2)C(C)(CO)CO)cc1.CC(N)(CO)CO. The first-order valence-electron chi connectivity index (χ1n) is 13.7. The number of benzene rings is 3. The Kier molecular flexibility index (Phi) is 16.9. The molecule has 0 aromatic heterocycles. The molecule has 3 aromatic carbocycles. The van der Waals surface area contributed by atoms with Crippen LogP contribution in [0.5, 0.6) is 0 Å². The molecule has 7 heteroatoms. The van der Waals surface area contributed by atoms with E-state index >= 15 is 0 Å². The molecular weight excluding hydrogens is 548 g/mol. The molecule has 0 heterocycles. The van der Waals surface area contributed by atoms with E-state index in [-0.39, 0.29) is 26.4 Å². The van der Waals surface area contributed by atoms with E-state index in [1.54, 1.807) is 6.92 Å². The highest BCUT2D eigenvalue weighted by atomic mass is 35.5. The van der Waals surface area contributed by atoms with E-state index < -0.39 is 11.1 Å². The Morgan fingerprint density at radius 3 is 1.14 bits per heavy atom. The lowest BCUT2D eigenvalue weighted by Crippen LogP contribution is -2.51. The number of halogens is 1. The molecule has 6 N–H and O–H groups in total. The molecule has 0 unspecified atom stereocenters. The van der Waals surface area contributed by atoms with Crippen molar-refractivity contribution in [2.75, 3.05) is 26.4 Å². The highest BCUT2D eigenvalue weighted by molar-refractivity contribution is 6.17. The molecule has 0 saturated carbocycles. The second-order valence-electron chi connectivity index (χ2n) is 10.6. The molecule has 3 aromatic rings. The number of aliphatic hydroxyl groups excluding tert-OH is 4. The molecule has 0 radical (unpaired) electrons. The molecule has 0 saturated heterocycles. The van der Waals surface area contributed by atoms with Crippen molar-refractivity contribution in [3.63, 3.8) is 0 Å². The molecule has 0 fully saturated rings. The zero-order valence-corrected chi connectivity index (χ0v) is 25.7. The summed E-state index contributed by atoms with van der Waals surface area (Å²) in [5.74, 6) is 0.581. The lowest BCUT2D eigenvalue weighted by Gasteiger charge is -2.39. The van der Waals surface area contributed by atoms with Gasteiger partial charge in [-0.3, -0.25) is 4.90 Å². The first-order chi connectivity index (χ1) is 20.0. The van der Waals surface area contributed by atoms with Gasteiger partial charge in [0.1, 0.15) is 0 Å². The summed E-state index contributed by atoms with van der Waals surface area (Å²) in [6, 6.07) is 24.3. The molecule has 0 atom stereocenters. The Hall–Kier alpha value is -3.07. The standard InChI is InChI=1S/C22H27NO2.C9H9Cl.C4H11NO2/c1-4-18-6-10-20(11-7-18)14-23(22(3,16-24)17-25)15-21-12-8-19(5-2)9-13-21;1-2-8-3-5-9(7-10)6-4-8;1-4(5,2-6)3-7/h4-13,24-25H,1-2,14-17H2,3H3;2-6H,1,7H2;6-7H,2-3,5H2,1H3. The minimum Gasteiger partial charge on any atom is -0.394 e. The fourth-order valence-electron chi connectivity index (χ4n) is 3.44. The number of hydrogen-bond donors (Lipinski definition) is 5. The van der Waals surface area contributed by atoms with Crippen LogP contribution < -0.4 is 5.73 Å².